The van der Waals surface area contributed by atoms with Crippen LogP contribution < -0.4 is 10.1 Å². The Morgan fingerprint density at radius 2 is 2.05 bits per heavy atom. The summed E-state index contributed by atoms with van der Waals surface area (Å²) >= 11 is 0. The lowest BCUT2D eigenvalue weighted by molar-refractivity contribution is 0.166. The highest BCUT2D eigenvalue weighted by atomic mass is 16.5. The van der Waals surface area contributed by atoms with Crippen molar-refractivity contribution >= 4 is 0 Å². The van der Waals surface area contributed by atoms with Gasteiger partial charge in [-0.1, -0.05) is 6.07 Å². The Balaban J connectivity index is 2.09. The number of hydrogen-bond donors (Lipinski definition) is 1. The first kappa shape index (κ1) is 13.9. The molecule has 1 N–H and O–H groups in total. The maximum atomic E-state index is 8.98. The van der Waals surface area contributed by atoms with Crippen LogP contribution in [0.3, 0.4) is 0 Å². The number of nitrogens with zero attached hydrogens (tertiary/aromatic N) is 2. The molecule has 1 aromatic carbocycles. The van der Waals surface area contributed by atoms with Crippen molar-refractivity contribution in [2.75, 3.05) is 20.2 Å². The molecular formula is C15H21N3O. The van der Waals surface area contributed by atoms with Gasteiger partial charge in [0.15, 0.2) is 0 Å². The third-order valence-corrected chi connectivity index (χ3v) is 3.43. The van der Waals surface area contributed by atoms with Crippen molar-refractivity contribution in [3.63, 3.8) is 0 Å². The fourth-order valence-electron chi connectivity index (χ4n) is 2.75. The van der Waals surface area contributed by atoms with Gasteiger partial charge in [-0.3, -0.25) is 4.90 Å². The van der Waals surface area contributed by atoms with Gasteiger partial charge in [-0.05, 0) is 31.5 Å². The number of piperazine rings is 1. The van der Waals surface area contributed by atoms with E-state index in [-0.39, 0.29) is 0 Å². The van der Waals surface area contributed by atoms with Gasteiger partial charge in [-0.2, -0.15) is 5.26 Å². The van der Waals surface area contributed by atoms with Crippen molar-refractivity contribution in [2.24, 2.45) is 0 Å². The fraction of sp³-hybridized carbons (Fsp3) is 0.533. The maximum absolute atomic E-state index is 8.98. The molecule has 1 heterocycles. The molecule has 0 aromatic heterocycles. The Bertz CT molecular complexity index is 471. The number of rotatable bonds is 3. The Morgan fingerprint density at radius 3 is 2.63 bits per heavy atom. The van der Waals surface area contributed by atoms with Crippen LogP contribution in [0.1, 0.15) is 25.0 Å². The third kappa shape index (κ3) is 3.46. The van der Waals surface area contributed by atoms with Crippen molar-refractivity contribution in [3.05, 3.63) is 29.3 Å². The molecule has 1 aromatic rings. The van der Waals surface area contributed by atoms with Crippen molar-refractivity contribution in [1.29, 1.82) is 5.26 Å². The summed E-state index contributed by atoms with van der Waals surface area (Å²) in [4.78, 5) is 2.44. The molecule has 2 unspecified atom stereocenters. The molecule has 1 saturated heterocycles. The minimum absolute atomic E-state index is 0.518. The SMILES string of the molecule is COc1cc(CN2CC(C)NC(C)C2)ccc1C#N. The van der Waals surface area contributed by atoms with Gasteiger partial charge in [-0.25, -0.2) is 0 Å². The molecule has 0 spiro atoms. The number of methoxy groups -OCH3 is 1. The van der Waals surface area contributed by atoms with E-state index in [1.54, 1.807) is 7.11 Å². The van der Waals surface area contributed by atoms with Crippen LogP contribution in [0.15, 0.2) is 18.2 Å². The smallest absolute Gasteiger partial charge is 0.136 e. The summed E-state index contributed by atoms with van der Waals surface area (Å²) in [7, 11) is 1.61. The van der Waals surface area contributed by atoms with Crippen LogP contribution in [0, 0.1) is 11.3 Å². The molecule has 0 aliphatic carbocycles. The molecule has 0 radical (unpaired) electrons. The first-order valence-corrected chi connectivity index (χ1v) is 6.67. The highest BCUT2D eigenvalue weighted by Gasteiger charge is 2.20. The van der Waals surface area contributed by atoms with Gasteiger partial charge >= 0.3 is 0 Å². The topological polar surface area (TPSA) is 48.3 Å². The normalized spacial score (nSPS) is 23.9. The predicted octanol–water partition coefficient (Wildman–Crippen LogP) is 1.75. The summed E-state index contributed by atoms with van der Waals surface area (Å²) in [6.45, 7) is 7.42. The van der Waals surface area contributed by atoms with Crippen LogP contribution >= 0.6 is 0 Å². The molecule has 0 amide bonds. The van der Waals surface area contributed by atoms with E-state index in [0.717, 1.165) is 19.6 Å². The summed E-state index contributed by atoms with van der Waals surface area (Å²) in [6, 6.07) is 9.00. The molecule has 19 heavy (non-hydrogen) atoms. The largest absolute Gasteiger partial charge is 0.495 e. The zero-order valence-electron chi connectivity index (χ0n) is 11.8. The minimum Gasteiger partial charge on any atom is -0.495 e. The van der Waals surface area contributed by atoms with Crippen LogP contribution in [-0.4, -0.2) is 37.2 Å². The van der Waals surface area contributed by atoms with E-state index in [1.165, 1.54) is 5.56 Å². The van der Waals surface area contributed by atoms with E-state index in [0.29, 0.717) is 23.4 Å². The van der Waals surface area contributed by atoms with E-state index in [4.69, 9.17) is 10.00 Å². The molecule has 4 heteroatoms. The quantitative estimate of drug-likeness (QED) is 0.898. The van der Waals surface area contributed by atoms with E-state index >= 15 is 0 Å². The van der Waals surface area contributed by atoms with Gasteiger partial charge in [-0.15, -0.1) is 0 Å². The Kier molecular flexibility index (Phi) is 4.41. The maximum Gasteiger partial charge on any atom is 0.136 e. The summed E-state index contributed by atoms with van der Waals surface area (Å²) < 4.78 is 5.25. The summed E-state index contributed by atoms with van der Waals surface area (Å²) in [6.07, 6.45) is 0. The van der Waals surface area contributed by atoms with E-state index in [1.807, 2.05) is 18.2 Å². The molecule has 0 saturated carbocycles. The summed E-state index contributed by atoms with van der Waals surface area (Å²) in [5, 5.41) is 12.5. The molecule has 2 atom stereocenters. The minimum atomic E-state index is 0.518. The van der Waals surface area contributed by atoms with Crippen LogP contribution in [0.2, 0.25) is 0 Å². The third-order valence-electron chi connectivity index (χ3n) is 3.43. The summed E-state index contributed by atoms with van der Waals surface area (Å²) in [5.74, 6) is 0.663. The Morgan fingerprint density at radius 1 is 1.37 bits per heavy atom. The molecule has 102 valence electrons. The second-order valence-corrected chi connectivity index (χ2v) is 5.31. The van der Waals surface area contributed by atoms with Crippen molar-refractivity contribution in [2.45, 2.75) is 32.5 Å². The molecule has 1 aliphatic heterocycles. The van der Waals surface area contributed by atoms with Gasteiger partial charge < -0.3 is 10.1 Å². The van der Waals surface area contributed by atoms with Gasteiger partial charge in [0.25, 0.3) is 0 Å². The average Bonchev–Trinajstić information content (AvgIpc) is 2.37. The molecule has 0 bridgehead atoms. The molecular weight excluding hydrogens is 238 g/mol. The predicted molar refractivity (Wildman–Crippen MR) is 75.0 cm³/mol. The lowest BCUT2D eigenvalue weighted by atomic mass is 10.1. The Labute approximate surface area is 115 Å². The van der Waals surface area contributed by atoms with E-state index in [9.17, 15) is 0 Å². The molecule has 2 rings (SSSR count). The highest BCUT2D eigenvalue weighted by Crippen LogP contribution is 2.20. The molecule has 4 nitrogen and oxygen atoms in total. The highest BCUT2D eigenvalue weighted by molar-refractivity contribution is 5.45. The second-order valence-electron chi connectivity index (χ2n) is 5.31. The molecule has 1 fully saturated rings. The van der Waals surface area contributed by atoms with Crippen LogP contribution in [0.5, 0.6) is 5.75 Å². The number of nitriles is 1. The number of benzene rings is 1. The van der Waals surface area contributed by atoms with Gasteiger partial charge in [0, 0.05) is 31.7 Å². The fourth-order valence-corrected chi connectivity index (χ4v) is 2.75. The zero-order chi connectivity index (χ0) is 13.8. The second kappa shape index (κ2) is 6.05. The van der Waals surface area contributed by atoms with Gasteiger partial charge in [0.1, 0.15) is 11.8 Å². The Hall–Kier alpha value is -1.57. The van der Waals surface area contributed by atoms with E-state index in [2.05, 4.69) is 30.1 Å². The number of ether oxygens (including phenoxy) is 1. The first-order chi connectivity index (χ1) is 9.12. The monoisotopic (exact) mass is 259 g/mol. The van der Waals surface area contributed by atoms with Crippen molar-refractivity contribution in [3.8, 4) is 11.8 Å². The van der Waals surface area contributed by atoms with Crippen LogP contribution in [0.4, 0.5) is 0 Å². The number of hydrogen-bond acceptors (Lipinski definition) is 4. The van der Waals surface area contributed by atoms with Crippen LogP contribution in [-0.2, 0) is 6.54 Å². The van der Waals surface area contributed by atoms with Crippen molar-refractivity contribution in [1.82, 2.24) is 10.2 Å². The number of nitrogens with one attached hydrogen (secondary N) is 1. The lowest BCUT2D eigenvalue weighted by Crippen LogP contribution is -2.53. The average molecular weight is 259 g/mol. The summed E-state index contributed by atoms with van der Waals surface area (Å²) in [5.41, 5.74) is 1.78. The zero-order valence-corrected chi connectivity index (χ0v) is 11.8. The van der Waals surface area contributed by atoms with Gasteiger partial charge in [0.05, 0.1) is 12.7 Å². The van der Waals surface area contributed by atoms with Crippen molar-refractivity contribution < 1.29 is 4.74 Å². The molecule has 1 aliphatic rings. The van der Waals surface area contributed by atoms with Gasteiger partial charge in [0.2, 0.25) is 0 Å². The van der Waals surface area contributed by atoms with Crippen LogP contribution in [0.25, 0.3) is 0 Å². The van der Waals surface area contributed by atoms with E-state index < -0.39 is 0 Å². The standard InChI is InChI=1S/C15H21N3O/c1-11-8-18(9-12(2)17-11)10-13-4-5-14(7-16)15(6-13)19-3/h4-6,11-12,17H,8-10H2,1-3H3. The lowest BCUT2D eigenvalue weighted by Gasteiger charge is -2.36. The first-order valence-electron chi connectivity index (χ1n) is 6.67.